The van der Waals surface area contributed by atoms with Crippen LogP contribution < -0.4 is 24.8 Å². The molecule has 8 heteroatoms. The van der Waals surface area contributed by atoms with Crippen LogP contribution in [0.4, 0.5) is 4.39 Å². The fourth-order valence-corrected chi connectivity index (χ4v) is 3.89. The number of nitrogens with one attached hydrogen (secondary N) is 2. The smallest absolute Gasteiger partial charge is 1.00 e. The van der Waals surface area contributed by atoms with Crippen LogP contribution in [0.25, 0.3) is 57.5 Å². The van der Waals surface area contributed by atoms with Crippen molar-refractivity contribution < 1.29 is 46.3 Å². The van der Waals surface area contributed by atoms with Gasteiger partial charge in [0.1, 0.15) is 5.82 Å². The van der Waals surface area contributed by atoms with Crippen molar-refractivity contribution in [3.63, 3.8) is 0 Å². The molecule has 4 aromatic rings. The van der Waals surface area contributed by atoms with Gasteiger partial charge in [0.25, 0.3) is 0 Å². The Labute approximate surface area is 218 Å². The molecule has 4 nitrogen and oxygen atoms in total. The second-order valence-corrected chi connectivity index (χ2v) is 7.60. The van der Waals surface area contributed by atoms with Crippen LogP contribution in [0.3, 0.4) is 0 Å². The molecule has 6 rings (SSSR count). The second kappa shape index (κ2) is 10.4. The predicted octanol–water partition coefficient (Wildman–Crippen LogP) is 0.467. The van der Waals surface area contributed by atoms with Crippen molar-refractivity contribution >= 4 is 46.4 Å². The molecule has 0 saturated heterocycles. The van der Waals surface area contributed by atoms with E-state index < -0.39 is 0 Å². The Kier molecular flexibility index (Phi) is 7.80. The van der Waals surface area contributed by atoms with Crippen molar-refractivity contribution in [1.82, 2.24) is 19.9 Å². The zero-order chi connectivity index (χ0) is 20.8. The molecule has 0 spiro atoms. The van der Waals surface area contributed by atoms with Crippen molar-refractivity contribution in [2.45, 2.75) is 0 Å². The topological polar surface area (TPSA) is 57.4 Å². The minimum atomic E-state index is -0.253. The van der Waals surface area contributed by atoms with Crippen molar-refractivity contribution in [3.05, 3.63) is 95.3 Å². The molecule has 0 aliphatic carbocycles. The Morgan fingerprint density at radius 2 is 1.06 bits per heavy atom. The third kappa shape index (κ3) is 5.16. The average Bonchev–Trinajstić information content (AvgIpc) is 3.54. The summed E-state index contributed by atoms with van der Waals surface area (Å²) in [4.78, 5) is 16.3. The van der Waals surface area contributed by atoms with Crippen LogP contribution in [0.2, 0.25) is 0 Å². The first kappa shape index (κ1) is 25.5. The molecule has 2 N–H and O–H groups in total. The molecule has 5 heterocycles. The number of benzene rings is 1. The van der Waals surface area contributed by atoms with E-state index >= 15 is 0 Å². The van der Waals surface area contributed by atoms with Crippen LogP contribution in [0.15, 0.2) is 66.7 Å². The van der Waals surface area contributed by atoms with Crippen LogP contribution in [-0.4, -0.2) is 19.9 Å². The summed E-state index contributed by atoms with van der Waals surface area (Å²) in [5.41, 5.74) is 9.19. The zero-order valence-electron chi connectivity index (χ0n) is 17.5. The largest absolute Gasteiger partial charge is 2.00 e. The first-order chi connectivity index (χ1) is 15.2. The number of aromatic amines is 2. The van der Waals surface area contributed by atoms with Gasteiger partial charge in [-0.25, -0.2) is 14.4 Å². The van der Waals surface area contributed by atoms with Gasteiger partial charge in [-0.2, -0.15) is 0 Å². The van der Waals surface area contributed by atoms with Crippen molar-refractivity contribution in [2.24, 2.45) is 0 Å². The third-order valence-corrected chi connectivity index (χ3v) is 5.32. The summed E-state index contributed by atoms with van der Waals surface area (Å²) in [5.74, 6) is -0.253. The van der Waals surface area contributed by atoms with Gasteiger partial charge in [0.15, 0.2) is 0 Å². The summed E-state index contributed by atoms with van der Waals surface area (Å²) >= 11 is 0. The maximum Gasteiger partial charge on any atom is 2.00 e. The Morgan fingerprint density at radius 3 is 1.62 bits per heavy atom. The van der Waals surface area contributed by atoms with Crippen molar-refractivity contribution in [2.75, 3.05) is 0 Å². The number of hydrogen-bond acceptors (Lipinski definition) is 2. The summed E-state index contributed by atoms with van der Waals surface area (Å²) in [6.45, 7) is 0. The van der Waals surface area contributed by atoms with E-state index in [1.54, 1.807) is 12.1 Å². The predicted molar refractivity (Wildman–Crippen MR) is 124 cm³/mol. The second-order valence-electron chi connectivity index (χ2n) is 7.60. The van der Waals surface area contributed by atoms with Crippen LogP contribution in [0.1, 0.15) is 22.8 Å². The Balaban J connectivity index is 0.00000108. The van der Waals surface area contributed by atoms with Gasteiger partial charge in [-0.15, -0.1) is 0 Å². The van der Waals surface area contributed by atoms with E-state index in [0.29, 0.717) is 0 Å². The van der Waals surface area contributed by atoms with E-state index in [0.717, 1.165) is 56.0 Å². The van der Waals surface area contributed by atoms with Crippen LogP contribution in [0, 0.1) is 5.82 Å². The molecule has 3 aromatic heterocycles. The van der Waals surface area contributed by atoms with Crippen LogP contribution in [-0.2, 0) is 17.1 Å². The fourth-order valence-electron chi connectivity index (χ4n) is 3.89. The summed E-state index contributed by atoms with van der Waals surface area (Å²) in [5, 5.41) is 0. The number of hydrogen-bond donors (Lipinski definition) is 2. The van der Waals surface area contributed by atoms with Crippen molar-refractivity contribution in [3.8, 4) is 11.1 Å². The quantitative estimate of drug-likeness (QED) is 0.304. The number of H-pyrrole nitrogens is 2. The van der Waals surface area contributed by atoms with Gasteiger partial charge in [-0.05, 0) is 84.5 Å². The van der Waals surface area contributed by atoms with Gasteiger partial charge >= 0.3 is 17.1 Å². The molecule has 0 unspecified atom stereocenters. The molecule has 0 atom stereocenters. The molecule has 0 amide bonds. The molecule has 0 saturated carbocycles. The molecule has 2 aliphatic heterocycles. The maximum absolute atomic E-state index is 13.5. The Bertz CT molecular complexity index is 1550. The zero-order valence-corrected chi connectivity index (χ0v) is 20.2. The molecular formula is C26H17Cl2FFeN4. The SMILES string of the molecule is Fc1ccc(-c2cc3cc4nc(cc5ccc(cc6nc(cc2[nH]3)C=C6)[nH]5)C=C4)cc1.[Cl-].[Cl-].[Fe+2]. The van der Waals surface area contributed by atoms with E-state index in [9.17, 15) is 4.39 Å². The first-order valence-electron chi connectivity index (χ1n) is 10.0. The average molecular weight is 531 g/mol. The molecule has 0 fully saturated rings. The number of nitrogens with zero attached hydrogens (tertiary/aromatic N) is 2. The number of halogens is 3. The maximum atomic E-state index is 13.5. The minimum Gasteiger partial charge on any atom is -1.00 e. The molecule has 0 radical (unpaired) electrons. The number of aromatic nitrogens is 4. The third-order valence-electron chi connectivity index (χ3n) is 5.32. The van der Waals surface area contributed by atoms with Crippen molar-refractivity contribution in [1.29, 1.82) is 0 Å². The van der Waals surface area contributed by atoms with Gasteiger partial charge in [-0.1, -0.05) is 12.1 Å². The normalized spacial score (nSPS) is 11.3. The fraction of sp³-hybridized carbons (Fsp3) is 0. The molecule has 34 heavy (non-hydrogen) atoms. The number of fused-ring (bicyclic) bond motifs is 8. The molecule has 1 aromatic carbocycles. The molecule has 8 bridgehead atoms. The summed E-state index contributed by atoms with van der Waals surface area (Å²) in [7, 11) is 0. The van der Waals surface area contributed by atoms with Gasteiger partial charge < -0.3 is 34.8 Å². The Morgan fingerprint density at radius 1 is 0.559 bits per heavy atom. The summed E-state index contributed by atoms with van der Waals surface area (Å²) in [6, 6.07) is 20.7. The number of rotatable bonds is 1. The van der Waals surface area contributed by atoms with Gasteiger partial charge in [0.2, 0.25) is 0 Å². The van der Waals surface area contributed by atoms with Gasteiger partial charge in [0.05, 0.1) is 22.8 Å². The van der Waals surface area contributed by atoms with Crippen LogP contribution in [0.5, 0.6) is 0 Å². The van der Waals surface area contributed by atoms with Gasteiger partial charge in [0, 0.05) is 27.6 Å². The first-order valence-corrected chi connectivity index (χ1v) is 10.0. The van der Waals surface area contributed by atoms with E-state index in [2.05, 4.69) is 16.0 Å². The van der Waals surface area contributed by atoms with Crippen LogP contribution >= 0.6 is 0 Å². The molecular weight excluding hydrogens is 514 g/mol. The molecule has 170 valence electrons. The van der Waals surface area contributed by atoms with E-state index in [-0.39, 0.29) is 47.7 Å². The monoisotopic (exact) mass is 530 g/mol. The molecule has 2 aliphatic rings. The van der Waals surface area contributed by atoms with Gasteiger partial charge in [-0.3, -0.25) is 0 Å². The summed E-state index contributed by atoms with van der Waals surface area (Å²) < 4.78 is 13.5. The summed E-state index contributed by atoms with van der Waals surface area (Å²) in [6.07, 6.45) is 7.97. The van der Waals surface area contributed by atoms with E-state index in [1.807, 2.05) is 60.7 Å². The van der Waals surface area contributed by atoms with E-state index in [1.165, 1.54) is 12.1 Å². The standard InChI is InChI=1S/C26H17FN4.2ClH.Fe/c27-17-3-1-16(2-4-17)25-14-24-13-22-8-7-20(29-22)11-18-5-6-19(28-18)12-21-9-10-23(30-21)15-26(25)31-24;;;/h1-15,28,31H;2*1H;/q;;;+2/p-2. The Hall–Kier alpha value is -3.15. The van der Waals surface area contributed by atoms with E-state index in [4.69, 9.17) is 9.97 Å². The minimum absolute atomic E-state index is 0.